The first-order chi connectivity index (χ1) is 25.6. The number of rotatable bonds is 31. The molecule has 0 aromatic heterocycles. The van der Waals surface area contributed by atoms with E-state index in [1.807, 2.05) is 81.4 Å². The number of esters is 2. The molecule has 0 bridgehead atoms. The van der Waals surface area contributed by atoms with Crippen molar-refractivity contribution < 1.29 is 23.8 Å². The number of carbonyl (C=O) groups is 2. The summed E-state index contributed by atoms with van der Waals surface area (Å²) in [6, 6.07) is 19.7. The van der Waals surface area contributed by atoms with Crippen LogP contribution < -0.4 is 0 Å². The van der Waals surface area contributed by atoms with E-state index >= 15 is 0 Å². The van der Waals surface area contributed by atoms with Gasteiger partial charge in [0, 0.05) is 18.4 Å². The normalized spacial score (nSPS) is 14.1. The van der Waals surface area contributed by atoms with Gasteiger partial charge in [0.05, 0.1) is 22.5 Å². The lowest BCUT2D eigenvalue weighted by atomic mass is 9.83. The Bertz CT molecular complexity index is 1210. The summed E-state index contributed by atoms with van der Waals surface area (Å²) in [4.78, 5) is 27.8. The summed E-state index contributed by atoms with van der Waals surface area (Å²) >= 11 is 0. The molecule has 0 amide bonds. The number of hydrogen-bond donors (Lipinski definition) is 0. The summed E-state index contributed by atoms with van der Waals surface area (Å²) in [5.41, 5.74) is -0.279. The molecule has 300 valence electrons. The van der Waals surface area contributed by atoms with E-state index in [-0.39, 0.29) is 18.5 Å². The second-order valence-corrected chi connectivity index (χ2v) is 17.9. The van der Waals surface area contributed by atoms with Gasteiger partial charge in [-0.2, -0.15) is 0 Å². The molecule has 0 aliphatic heterocycles. The third-order valence-electron chi connectivity index (χ3n) is 10.6. The van der Waals surface area contributed by atoms with E-state index in [0.29, 0.717) is 23.1 Å². The fraction of sp³-hybridized carbons (Fsp3) is 0.702. The van der Waals surface area contributed by atoms with Gasteiger partial charge in [-0.05, 0) is 39.2 Å². The summed E-state index contributed by atoms with van der Waals surface area (Å²) in [6.45, 7) is 10.6. The molecule has 53 heavy (non-hydrogen) atoms. The first-order valence-electron chi connectivity index (χ1n) is 21.8. The standard InChI is InChI=1S/C47H78O5Si/c1-6-8-10-12-14-16-18-20-22-24-32-38-43(48)51-46(40-50-45(3,4)5,41-34-28-26-29-35-41)47(53,42-36-30-27-31-37-42)52-44(49)39-33-25-23-21-19-17-15-13-11-9-7-2/h26-31,34-37H,6-25,32-33,38-40H2,1-5,53H3. The Morgan fingerprint density at radius 3 is 1.21 bits per heavy atom. The van der Waals surface area contributed by atoms with Gasteiger partial charge in [0.25, 0.3) is 0 Å². The largest absolute Gasteiger partial charge is 0.455 e. The Morgan fingerprint density at radius 2 is 0.830 bits per heavy atom. The molecule has 0 aliphatic carbocycles. The number of hydrogen-bond acceptors (Lipinski definition) is 5. The van der Waals surface area contributed by atoms with Gasteiger partial charge < -0.3 is 14.2 Å². The summed E-state index contributed by atoms with van der Waals surface area (Å²) in [7, 11) is 0.370. The quantitative estimate of drug-likeness (QED) is 0.0436. The summed E-state index contributed by atoms with van der Waals surface area (Å²) < 4.78 is 20.0. The van der Waals surface area contributed by atoms with E-state index in [2.05, 4.69) is 13.8 Å². The molecule has 0 heterocycles. The van der Waals surface area contributed by atoms with Crippen molar-refractivity contribution >= 4 is 22.2 Å². The van der Waals surface area contributed by atoms with Gasteiger partial charge in [-0.25, -0.2) is 0 Å². The smallest absolute Gasteiger partial charge is 0.306 e. The van der Waals surface area contributed by atoms with Crippen molar-refractivity contribution in [2.75, 3.05) is 6.61 Å². The van der Waals surface area contributed by atoms with Crippen molar-refractivity contribution in [2.24, 2.45) is 0 Å². The molecule has 2 aromatic carbocycles. The fourth-order valence-electron chi connectivity index (χ4n) is 7.23. The van der Waals surface area contributed by atoms with Crippen LogP contribution in [0.25, 0.3) is 0 Å². The number of carbonyl (C=O) groups excluding carboxylic acids is 2. The first-order valence-corrected chi connectivity index (χ1v) is 22.8. The molecule has 0 saturated carbocycles. The zero-order chi connectivity index (χ0) is 38.7. The van der Waals surface area contributed by atoms with Crippen molar-refractivity contribution in [3.8, 4) is 0 Å². The van der Waals surface area contributed by atoms with Crippen LogP contribution in [0.4, 0.5) is 0 Å². The Labute approximate surface area is 328 Å². The van der Waals surface area contributed by atoms with E-state index in [0.717, 1.165) is 49.7 Å². The number of ether oxygens (including phenoxy) is 3. The van der Waals surface area contributed by atoms with Gasteiger partial charge in [-0.1, -0.05) is 203 Å². The number of unbranched alkanes of at least 4 members (excludes halogenated alkanes) is 20. The molecular formula is C47H78O5Si. The predicted octanol–water partition coefficient (Wildman–Crippen LogP) is 12.4. The SMILES string of the molecule is CCCCCCCCCCCCCC(=O)OC([SiH3])(c1ccccc1)C(COC(C)(C)C)(OC(=O)CCCCCCCCCCCCC)c1ccccc1. The predicted molar refractivity (Wildman–Crippen MR) is 226 cm³/mol. The van der Waals surface area contributed by atoms with Crippen LogP contribution in [0.1, 0.15) is 200 Å². The zero-order valence-corrected chi connectivity index (χ0v) is 37.0. The Hall–Kier alpha value is -2.44. The van der Waals surface area contributed by atoms with E-state index in [9.17, 15) is 9.59 Å². The van der Waals surface area contributed by atoms with Crippen molar-refractivity contribution in [1.82, 2.24) is 0 Å². The van der Waals surface area contributed by atoms with Gasteiger partial charge in [0.1, 0.15) is 0 Å². The average molecular weight is 751 g/mol. The van der Waals surface area contributed by atoms with Crippen molar-refractivity contribution in [1.29, 1.82) is 0 Å². The first kappa shape index (κ1) is 46.7. The third kappa shape index (κ3) is 18.6. The maximum absolute atomic E-state index is 14.0. The highest BCUT2D eigenvalue weighted by Crippen LogP contribution is 2.46. The lowest BCUT2D eigenvalue weighted by molar-refractivity contribution is -0.222. The van der Waals surface area contributed by atoms with Crippen LogP contribution in [-0.4, -0.2) is 34.4 Å². The highest BCUT2D eigenvalue weighted by molar-refractivity contribution is 6.16. The van der Waals surface area contributed by atoms with Crippen LogP contribution >= 0.6 is 0 Å². The minimum absolute atomic E-state index is 0.0641. The second-order valence-electron chi connectivity index (χ2n) is 16.5. The molecule has 0 aliphatic rings. The Balaban J connectivity index is 2.19. The highest BCUT2D eigenvalue weighted by atomic mass is 28.1. The minimum Gasteiger partial charge on any atom is -0.455 e. The van der Waals surface area contributed by atoms with Gasteiger partial charge in [0.2, 0.25) is 0 Å². The van der Waals surface area contributed by atoms with Crippen molar-refractivity contribution in [3.63, 3.8) is 0 Å². The third-order valence-corrected chi connectivity index (χ3v) is 12.2. The molecule has 0 saturated heterocycles. The van der Waals surface area contributed by atoms with Crippen molar-refractivity contribution in [2.45, 2.75) is 205 Å². The maximum atomic E-state index is 14.0. The second kappa shape index (κ2) is 27.2. The van der Waals surface area contributed by atoms with Gasteiger partial charge in [0.15, 0.2) is 10.8 Å². The van der Waals surface area contributed by atoms with Crippen LogP contribution in [0.3, 0.4) is 0 Å². The summed E-state index contributed by atoms with van der Waals surface area (Å²) in [5.74, 6) is -0.530. The lowest BCUT2D eigenvalue weighted by Gasteiger charge is -2.48. The molecule has 0 spiro atoms. The van der Waals surface area contributed by atoms with Crippen LogP contribution in [0.5, 0.6) is 0 Å². The number of benzene rings is 2. The Morgan fingerprint density at radius 1 is 0.491 bits per heavy atom. The van der Waals surface area contributed by atoms with Crippen LogP contribution in [0, 0.1) is 0 Å². The van der Waals surface area contributed by atoms with Gasteiger partial charge in [-0.3, -0.25) is 9.59 Å². The molecule has 5 nitrogen and oxygen atoms in total. The highest BCUT2D eigenvalue weighted by Gasteiger charge is 2.57. The monoisotopic (exact) mass is 751 g/mol. The van der Waals surface area contributed by atoms with Crippen LogP contribution in [0.15, 0.2) is 60.7 Å². The van der Waals surface area contributed by atoms with Crippen LogP contribution in [-0.2, 0) is 34.6 Å². The molecule has 0 radical (unpaired) electrons. The molecule has 0 fully saturated rings. The summed E-state index contributed by atoms with van der Waals surface area (Å²) in [5, 5.41) is -1.22. The molecular weight excluding hydrogens is 673 g/mol. The van der Waals surface area contributed by atoms with E-state index in [1.165, 1.54) is 103 Å². The van der Waals surface area contributed by atoms with E-state index in [1.54, 1.807) is 0 Å². The van der Waals surface area contributed by atoms with Gasteiger partial charge in [-0.15, -0.1) is 0 Å². The Kier molecular flexibility index (Phi) is 24.0. The van der Waals surface area contributed by atoms with E-state index in [4.69, 9.17) is 14.2 Å². The molecule has 6 heteroatoms. The molecule has 2 atom stereocenters. The van der Waals surface area contributed by atoms with Crippen molar-refractivity contribution in [3.05, 3.63) is 71.8 Å². The van der Waals surface area contributed by atoms with Gasteiger partial charge >= 0.3 is 11.9 Å². The minimum atomic E-state index is -1.36. The zero-order valence-electron chi connectivity index (χ0n) is 35.0. The average Bonchev–Trinajstić information content (AvgIpc) is 3.14. The van der Waals surface area contributed by atoms with E-state index < -0.39 is 16.4 Å². The van der Waals surface area contributed by atoms with Crippen LogP contribution in [0.2, 0.25) is 0 Å². The molecule has 2 unspecified atom stereocenters. The molecule has 2 rings (SSSR count). The molecule has 0 N–H and O–H groups in total. The summed E-state index contributed by atoms with van der Waals surface area (Å²) in [6.07, 6.45) is 27.4. The fourth-order valence-corrected chi connectivity index (χ4v) is 8.33. The topological polar surface area (TPSA) is 61.8 Å². The maximum Gasteiger partial charge on any atom is 0.306 e. The molecule has 2 aromatic rings. The lowest BCUT2D eigenvalue weighted by Crippen LogP contribution is -2.58.